The number of carboxylic acid groups (broad SMARTS) is 1. The van der Waals surface area contributed by atoms with Crippen LogP contribution in [0.4, 0.5) is 0 Å². The van der Waals surface area contributed by atoms with E-state index < -0.39 is 5.97 Å². The van der Waals surface area contributed by atoms with Gasteiger partial charge in [0.15, 0.2) is 0 Å². The summed E-state index contributed by atoms with van der Waals surface area (Å²) in [4.78, 5) is 13.0. The van der Waals surface area contributed by atoms with Crippen LogP contribution in [0.25, 0.3) is 0 Å². The lowest BCUT2D eigenvalue weighted by atomic mass is 10.1. The number of rotatable bonds is 7. The molecular weight excluding hydrogens is 254 g/mol. The molecule has 1 fully saturated rings. The summed E-state index contributed by atoms with van der Waals surface area (Å²) >= 11 is 0. The number of aromatic nitrogens is 2. The van der Waals surface area contributed by atoms with Crippen LogP contribution in [0.5, 0.6) is 0 Å². The van der Waals surface area contributed by atoms with E-state index in [2.05, 4.69) is 40.8 Å². The van der Waals surface area contributed by atoms with E-state index in [0.717, 1.165) is 44.6 Å². The average molecular weight is 279 g/mol. The largest absolute Gasteiger partial charge is 0.481 e. The van der Waals surface area contributed by atoms with Crippen molar-refractivity contribution in [3.63, 3.8) is 0 Å². The van der Waals surface area contributed by atoms with Gasteiger partial charge in [0.1, 0.15) is 0 Å². The zero-order valence-electron chi connectivity index (χ0n) is 12.5. The van der Waals surface area contributed by atoms with Gasteiger partial charge < -0.3 is 5.11 Å². The average Bonchev–Trinajstić information content (AvgIpc) is 3.01. The van der Waals surface area contributed by atoms with Crippen molar-refractivity contribution < 1.29 is 9.90 Å². The molecule has 1 aliphatic rings. The maximum atomic E-state index is 10.7. The van der Waals surface area contributed by atoms with Gasteiger partial charge in [0, 0.05) is 25.7 Å². The fraction of sp³-hybridized carbons (Fsp3) is 0.733. The molecule has 1 aromatic rings. The Kier molecular flexibility index (Phi) is 5.17. The van der Waals surface area contributed by atoms with E-state index in [1.807, 2.05) is 0 Å². The van der Waals surface area contributed by atoms with Gasteiger partial charge in [-0.15, -0.1) is 0 Å². The SMILES string of the molecule is CCC(CC)n1ccc(CN2CCC(CC(=O)O)C2)n1. The van der Waals surface area contributed by atoms with E-state index in [-0.39, 0.29) is 0 Å². The molecule has 1 atom stereocenters. The summed E-state index contributed by atoms with van der Waals surface area (Å²) < 4.78 is 2.07. The van der Waals surface area contributed by atoms with Crippen LogP contribution in [0, 0.1) is 5.92 Å². The minimum atomic E-state index is -0.685. The molecule has 0 aromatic carbocycles. The first kappa shape index (κ1) is 15.0. The van der Waals surface area contributed by atoms with Crippen molar-refractivity contribution in [3.8, 4) is 0 Å². The van der Waals surface area contributed by atoms with Crippen molar-refractivity contribution in [1.29, 1.82) is 0 Å². The Hall–Kier alpha value is -1.36. The van der Waals surface area contributed by atoms with Gasteiger partial charge in [-0.1, -0.05) is 13.8 Å². The summed E-state index contributed by atoms with van der Waals surface area (Å²) in [7, 11) is 0. The third kappa shape index (κ3) is 3.82. The van der Waals surface area contributed by atoms with Crippen LogP contribution >= 0.6 is 0 Å². The minimum absolute atomic E-state index is 0.290. The lowest BCUT2D eigenvalue weighted by molar-refractivity contribution is -0.138. The van der Waals surface area contributed by atoms with Gasteiger partial charge in [0.25, 0.3) is 0 Å². The quantitative estimate of drug-likeness (QED) is 0.833. The highest BCUT2D eigenvalue weighted by molar-refractivity contribution is 5.67. The normalized spacial score (nSPS) is 19.9. The van der Waals surface area contributed by atoms with Crippen LogP contribution in [-0.2, 0) is 11.3 Å². The molecule has 0 spiro atoms. The molecule has 2 heterocycles. The summed E-state index contributed by atoms with van der Waals surface area (Å²) in [5.74, 6) is -0.386. The van der Waals surface area contributed by atoms with Crippen molar-refractivity contribution in [2.75, 3.05) is 13.1 Å². The number of aliphatic carboxylic acids is 1. The second-order valence-corrected chi connectivity index (χ2v) is 5.75. The second-order valence-electron chi connectivity index (χ2n) is 5.75. The molecule has 1 unspecified atom stereocenters. The van der Waals surface area contributed by atoms with Crippen molar-refractivity contribution in [2.24, 2.45) is 5.92 Å². The van der Waals surface area contributed by atoms with E-state index >= 15 is 0 Å². The lowest BCUT2D eigenvalue weighted by Gasteiger charge is -2.15. The number of hydrogen-bond acceptors (Lipinski definition) is 3. The predicted molar refractivity (Wildman–Crippen MR) is 77.5 cm³/mol. The van der Waals surface area contributed by atoms with Gasteiger partial charge >= 0.3 is 5.97 Å². The third-order valence-electron chi connectivity index (χ3n) is 4.20. The molecule has 0 bridgehead atoms. The highest BCUT2D eigenvalue weighted by Crippen LogP contribution is 2.21. The number of nitrogens with zero attached hydrogens (tertiary/aromatic N) is 3. The van der Waals surface area contributed by atoms with Crippen LogP contribution in [0.1, 0.15) is 51.3 Å². The van der Waals surface area contributed by atoms with Gasteiger partial charge in [0.05, 0.1) is 11.7 Å². The predicted octanol–water partition coefficient (Wildman–Crippen LogP) is 2.54. The number of carboxylic acids is 1. The molecule has 0 amide bonds. The van der Waals surface area contributed by atoms with Gasteiger partial charge in [-0.25, -0.2) is 0 Å². The number of hydrogen-bond donors (Lipinski definition) is 1. The topological polar surface area (TPSA) is 58.4 Å². The van der Waals surface area contributed by atoms with Crippen LogP contribution in [-0.4, -0.2) is 38.8 Å². The lowest BCUT2D eigenvalue weighted by Crippen LogP contribution is -2.21. The molecule has 0 saturated carbocycles. The van der Waals surface area contributed by atoms with E-state index in [0.29, 0.717) is 18.4 Å². The summed E-state index contributed by atoms with van der Waals surface area (Å²) in [6, 6.07) is 2.57. The van der Waals surface area contributed by atoms with Crippen LogP contribution in [0.3, 0.4) is 0 Å². The molecule has 20 heavy (non-hydrogen) atoms. The fourth-order valence-electron chi connectivity index (χ4n) is 3.03. The zero-order valence-corrected chi connectivity index (χ0v) is 12.5. The molecule has 5 heteroatoms. The Labute approximate surface area is 120 Å². The Bertz CT molecular complexity index is 440. The maximum Gasteiger partial charge on any atom is 0.303 e. The first-order valence-electron chi connectivity index (χ1n) is 7.60. The Morgan fingerprint density at radius 2 is 2.25 bits per heavy atom. The van der Waals surface area contributed by atoms with Gasteiger partial charge in [-0.3, -0.25) is 14.4 Å². The number of carbonyl (C=O) groups is 1. The van der Waals surface area contributed by atoms with E-state index in [9.17, 15) is 4.79 Å². The Morgan fingerprint density at radius 1 is 1.50 bits per heavy atom. The van der Waals surface area contributed by atoms with Crippen LogP contribution in [0.2, 0.25) is 0 Å². The minimum Gasteiger partial charge on any atom is -0.481 e. The second kappa shape index (κ2) is 6.88. The van der Waals surface area contributed by atoms with Crippen molar-refractivity contribution >= 4 is 5.97 Å². The highest BCUT2D eigenvalue weighted by Gasteiger charge is 2.24. The fourth-order valence-corrected chi connectivity index (χ4v) is 3.03. The Morgan fingerprint density at radius 3 is 2.90 bits per heavy atom. The Balaban J connectivity index is 1.87. The van der Waals surface area contributed by atoms with Crippen LogP contribution < -0.4 is 0 Å². The van der Waals surface area contributed by atoms with Crippen molar-refractivity contribution in [3.05, 3.63) is 18.0 Å². The highest BCUT2D eigenvalue weighted by atomic mass is 16.4. The number of likely N-dealkylation sites (tertiary alicyclic amines) is 1. The molecule has 0 radical (unpaired) electrons. The summed E-state index contributed by atoms with van der Waals surface area (Å²) in [6.45, 7) is 7.07. The summed E-state index contributed by atoms with van der Waals surface area (Å²) in [5.41, 5.74) is 1.09. The molecule has 1 aliphatic heterocycles. The van der Waals surface area contributed by atoms with Crippen molar-refractivity contribution in [1.82, 2.24) is 14.7 Å². The molecule has 1 N–H and O–H groups in total. The maximum absolute atomic E-state index is 10.7. The molecule has 1 aromatic heterocycles. The molecule has 0 aliphatic carbocycles. The standard InChI is InChI=1S/C15H25N3O2/c1-3-14(4-2)18-8-6-13(16-18)11-17-7-5-12(10-17)9-15(19)20/h6,8,12,14H,3-5,7,9-11H2,1-2H3,(H,19,20). The van der Waals surface area contributed by atoms with E-state index in [1.165, 1.54) is 0 Å². The molecule has 2 rings (SSSR count). The first-order chi connectivity index (χ1) is 9.62. The molecular formula is C15H25N3O2. The molecule has 1 saturated heterocycles. The molecule has 5 nitrogen and oxygen atoms in total. The smallest absolute Gasteiger partial charge is 0.303 e. The first-order valence-corrected chi connectivity index (χ1v) is 7.60. The third-order valence-corrected chi connectivity index (χ3v) is 4.20. The van der Waals surface area contributed by atoms with Crippen LogP contribution in [0.15, 0.2) is 12.3 Å². The van der Waals surface area contributed by atoms with E-state index in [1.54, 1.807) is 0 Å². The summed E-state index contributed by atoms with van der Waals surface area (Å²) in [6.07, 6.45) is 5.54. The van der Waals surface area contributed by atoms with Crippen molar-refractivity contribution in [2.45, 2.75) is 52.1 Å². The van der Waals surface area contributed by atoms with Gasteiger partial charge in [-0.05, 0) is 37.8 Å². The molecule has 112 valence electrons. The summed E-state index contributed by atoms with van der Waals surface area (Å²) in [5, 5.41) is 13.5. The zero-order chi connectivity index (χ0) is 14.5. The van der Waals surface area contributed by atoms with Gasteiger partial charge in [-0.2, -0.15) is 5.10 Å². The monoisotopic (exact) mass is 279 g/mol. The van der Waals surface area contributed by atoms with E-state index in [4.69, 9.17) is 5.11 Å². The van der Waals surface area contributed by atoms with Gasteiger partial charge in [0.2, 0.25) is 0 Å².